The largest absolute Gasteiger partial charge is 0.254 e. The van der Waals surface area contributed by atoms with E-state index in [0.717, 1.165) is 24.3 Å². The summed E-state index contributed by atoms with van der Waals surface area (Å²) in [5.74, 6) is 0. The molecule has 0 saturated carbocycles. The lowest BCUT2D eigenvalue weighted by Gasteiger charge is -2.10. The van der Waals surface area contributed by atoms with Gasteiger partial charge in [-0.1, -0.05) is 60.1 Å². The van der Waals surface area contributed by atoms with Crippen molar-refractivity contribution in [2.45, 2.75) is 31.3 Å². The average Bonchev–Trinajstić information content (AvgIpc) is 2.96. The molecule has 0 aliphatic carbocycles. The molecule has 3 rings (SSSR count). The van der Waals surface area contributed by atoms with Crippen molar-refractivity contribution in [2.75, 3.05) is 0 Å². The minimum Gasteiger partial charge on any atom is -0.254 e. The van der Waals surface area contributed by atoms with Crippen molar-refractivity contribution in [3.63, 3.8) is 0 Å². The lowest BCUT2D eigenvalue weighted by Crippen LogP contribution is -2.31. The van der Waals surface area contributed by atoms with Crippen LogP contribution in [0.3, 0.4) is 0 Å². The van der Waals surface area contributed by atoms with Crippen molar-refractivity contribution >= 4 is 11.6 Å². The highest BCUT2D eigenvalue weighted by Crippen LogP contribution is 2.25. The molecular formula is C17H19ClN2. The molecule has 1 aliphatic heterocycles. The molecule has 0 bridgehead atoms. The van der Waals surface area contributed by atoms with Crippen molar-refractivity contribution < 1.29 is 0 Å². The summed E-state index contributed by atoms with van der Waals surface area (Å²) in [6.45, 7) is 0. The second-order valence-corrected chi connectivity index (χ2v) is 5.72. The molecule has 0 aromatic heterocycles. The Morgan fingerprint density at radius 2 is 1.70 bits per heavy atom. The zero-order chi connectivity index (χ0) is 13.8. The van der Waals surface area contributed by atoms with Crippen molar-refractivity contribution in [2.24, 2.45) is 0 Å². The van der Waals surface area contributed by atoms with E-state index in [-0.39, 0.29) is 0 Å². The molecule has 2 unspecified atom stereocenters. The molecule has 2 atom stereocenters. The van der Waals surface area contributed by atoms with E-state index in [9.17, 15) is 0 Å². The molecule has 0 spiro atoms. The summed E-state index contributed by atoms with van der Waals surface area (Å²) >= 11 is 6.20. The van der Waals surface area contributed by atoms with Gasteiger partial charge in [-0.15, -0.1) is 0 Å². The number of halogens is 1. The maximum Gasteiger partial charge on any atom is 0.0477 e. The predicted octanol–water partition coefficient (Wildman–Crippen LogP) is 3.88. The van der Waals surface area contributed by atoms with Crippen molar-refractivity contribution in [3.8, 4) is 0 Å². The lowest BCUT2D eigenvalue weighted by molar-refractivity contribution is 0.516. The fourth-order valence-corrected chi connectivity index (χ4v) is 2.98. The second-order valence-electron chi connectivity index (χ2n) is 5.31. The molecule has 2 nitrogen and oxygen atoms in total. The summed E-state index contributed by atoms with van der Waals surface area (Å²) in [4.78, 5) is 0. The van der Waals surface area contributed by atoms with Crippen LogP contribution in [-0.2, 0) is 6.42 Å². The number of rotatable bonds is 4. The Kier molecular flexibility index (Phi) is 4.36. The Morgan fingerprint density at radius 1 is 0.950 bits per heavy atom. The van der Waals surface area contributed by atoms with E-state index in [1.54, 1.807) is 0 Å². The Hall–Kier alpha value is -1.35. The molecule has 0 radical (unpaired) electrons. The van der Waals surface area contributed by atoms with Gasteiger partial charge in [0.2, 0.25) is 0 Å². The maximum absolute atomic E-state index is 6.20. The molecule has 104 valence electrons. The Balaban J connectivity index is 1.55. The third kappa shape index (κ3) is 3.21. The summed E-state index contributed by atoms with van der Waals surface area (Å²) in [7, 11) is 0. The zero-order valence-corrected chi connectivity index (χ0v) is 12.1. The second kappa shape index (κ2) is 6.40. The number of aryl methyl sites for hydroxylation is 1. The van der Waals surface area contributed by atoms with Crippen molar-refractivity contribution in [3.05, 3.63) is 70.7 Å². The monoisotopic (exact) mass is 286 g/mol. The summed E-state index contributed by atoms with van der Waals surface area (Å²) < 4.78 is 0. The van der Waals surface area contributed by atoms with E-state index < -0.39 is 0 Å². The smallest absolute Gasteiger partial charge is 0.0477 e. The fourth-order valence-electron chi connectivity index (χ4n) is 2.75. The van der Waals surface area contributed by atoms with Crippen LogP contribution >= 0.6 is 11.6 Å². The first-order valence-electron chi connectivity index (χ1n) is 7.12. The standard InChI is InChI=1S/C17H19ClN2/c18-16-9-5-4-6-13(16)10-11-15-12-17(20-19-15)14-7-2-1-3-8-14/h1-9,15,17,19-20H,10-12H2. The van der Waals surface area contributed by atoms with E-state index in [1.165, 1.54) is 11.1 Å². The number of hydrogen-bond acceptors (Lipinski definition) is 2. The average molecular weight is 287 g/mol. The number of nitrogens with one attached hydrogen (secondary N) is 2. The van der Waals surface area contributed by atoms with Gasteiger partial charge in [0.25, 0.3) is 0 Å². The van der Waals surface area contributed by atoms with E-state index in [4.69, 9.17) is 11.6 Å². The van der Waals surface area contributed by atoms with Crippen LogP contribution in [-0.4, -0.2) is 6.04 Å². The summed E-state index contributed by atoms with van der Waals surface area (Å²) in [5, 5.41) is 0.873. The molecule has 2 N–H and O–H groups in total. The van der Waals surface area contributed by atoms with Gasteiger partial charge in [-0.25, -0.2) is 0 Å². The van der Waals surface area contributed by atoms with Crippen LogP contribution in [0.1, 0.15) is 30.0 Å². The molecule has 1 fully saturated rings. The molecule has 1 aliphatic rings. The minimum absolute atomic E-state index is 0.410. The highest BCUT2D eigenvalue weighted by molar-refractivity contribution is 6.31. The SMILES string of the molecule is Clc1ccccc1CCC1CC(c2ccccc2)NN1. The van der Waals surface area contributed by atoms with Crippen molar-refractivity contribution in [1.82, 2.24) is 10.9 Å². The quantitative estimate of drug-likeness (QED) is 0.891. The van der Waals surface area contributed by atoms with Crippen LogP contribution < -0.4 is 10.9 Å². The maximum atomic E-state index is 6.20. The summed E-state index contributed by atoms with van der Waals surface area (Å²) in [6, 6.07) is 19.6. The predicted molar refractivity (Wildman–Crippen MR) is 83.6 cm³/mol. The topological polar surface area (TPSA) is 24.1 Å². The third-order valence-corrected chi connectivity index (χ3v) is 4.27. The van der Waals surface area contributed by atoms with Crippen LogP contribution in [0.25, 0.3) is 0 Å². The fraction of sp³-hybridized carbons (Fsp3) is 0.294. The molecule has 20 heavy (non-hydrogen) atoms. The normalized spacial score (nSPS) is 22.1. The molecular weight excluding hydrogens is 268 g/mol. The number of hydrogen-bond donors (Lipinski definition) is 2. The zero-order valence-electron chi connectivity index (χ0n) is 11.4. The number of benzene rings is 2. The van der Waals surface area contributed by atoms with Crippen LogP contribution in [0.2, 0.25) is 5.02 Å². The van der Waals surface area contributed by atoms with Gasteiger partial charge in [0, 0.05) is 17.1 Å². The van der Waals surface area contributed by atoms with Gasteiger partial charge < -0.3 is 0 Å². The van der Waals surface area contributed by atoms with Gasteiger partial charge >= 0.3 is 0 Å². The molecule has 0 amide bonds. The van der Waals surface area contributed by atoms with Crippen molar-refractivity contribution in [1.29, 1.82) is 0 Å². The van der Waals surface area contributed by atoms with Crippen LogP contribution in [0.4, 0.5) is 0 Å². The first kappa shape index (κ1) is 13.6. The molecule has 2 aromatic carbocycles. The minimum atomic E-state index is 0.410. The molecule has 3 heteroatoms. The van der Waals surface area contributed by atoms with Gasteiger partial charge in [0.1, 0.15) is 0 Å². The molecule has 2 aromatic rings. The summed E-state index contributed by atoms with van der Waals surface area (Å²) in [6.07, 6.45) is 3.23. The van der Waals surface area contributed by atoms with Crippen LogP contribution in [0.5, 0.6) is 0 Å². The van der Waals surface area contributed by atoms with Gasteiger partial charge in [-0.3, -0.25) is 10.9 Å². The first-order chi connectivity index (χ1) is 9.83. The summed E-state index contributed by atoms with van der Waals surface area (Å²) in [5.41, 5.74) is 9.38. The van der Waals surface area contributed by atoms with E-state index >= 15 is 0 Å². The van der Waals surface area contributed by atoms with Gasteiger partial charge in [-0.2, -0.15) is 0 Å². The van der Waals surface area contributed by atoms with E-state index in [1.807, 2.05) is 18.2 Å². The Labute approximate surface area is 125 Å². The van der Waals surface area contributed by atoms with Gasteiger partial charge in [0.15, 0.2) is 0 Å². The lowest BCUT2D eigenvalue weighted by atomic mass is 9.98. The highest BCUT2D eigenvalue weighted by Gasteiger charge is 2.24. The molecule has 1 saturated heterocycles. The van der Waals surface area contributed by atoms with Crippen LogP contribution in [0, 0.1) is 0 Å². The Bertz CT molecular complexity index is 556. The third-order valence-electron chi connectivity index (χ3n) is 3.90. The van der Waals surface area contributed by atoms with E-state index in [0.29, 0.717) is 12.1 Å². The highest BCUT2D eigenvalue weighted by atomic mass is 35.5. The van der Waals surface area contributed by atoms with Gasteiger partial charge in [-0.05, 0) is 36.5 Å². The Morgan fingerprint density at radius 3 is 2.50 bits per heavy atom. The number of hydrazine groups is 1. The van der Waals surface area contributed by atoms with Crippen LogP contribution in [0.15, 0.2) is 54.6 Å². The van der Waals surface area contributed by atoms with E-state index in [2.05, 4.69) is 47.2 Å². The first-order valence-corrected chi connectivity index (χ1v) is 7.50. The van der Waals surface area contributed by atoms with Gasteiger partial charge in [0.05, 0.1) is 0 Å². The molecule has 1 heterocycles.